The van der Waals surface area contributed by atoms with Crippen LogP contribution in [0.3, 0.4) is 0 Å². The van der Waals surface area contributed by atoms with E-state index in [2.05, 4.69) is 10.6 Å². The van der Waals surface area contributed by atoms with Crippen LogP contribution in [-0.4, -0.2) is 61.6 Å². The molecule has 1 aliphatic rings. The van der Waals surface area contributed by atoms with Crippen LogP contribution in [0.2, 0.25) is 0 Å². The number of hydrogen-bond donors (Lipinski definition) is 2. The number of unbranched alkanes of at least 4 members (excludes halogenated alkanes) is 1. The van der Waals surface area contributed by atoms with Gasteiger partial charge in [-0.3, -0.25) is 14.4 Å². The van der Waals surface area contributed by atoms with Crippen molar-refractivity contribution in [3.8, 4) is 5.75 Å². The fraction of sp³-hybridized carbons (Fsp3) is 0.571. The average Bonchev–Trinajstić information content (AvgIpc) is 2.72. The van der Waals surface area contributed by atoms with Gasteiger partial charge in [0.2, 0.25) is 11.8 Å². The van der Waals surface area contributed by atoms with Gasteiger partial charge < -0.3 is 25.0 Å². The maximum absolute atomic E-state index is 12.7. The molecule has 1 saturated heterocycles. The molecule has 1 unspecified atom stereocenters. The van der Waals surface area contributed by atoms with Crippen LogP contribution in [-0.2, 0) is 19.1 Å². The Bertz CT molecular complexity index is 695. The van der Waals surface area contributed by atoms with Crippen molar-refractivity contribution in [2.24, 2.45) is 0 Å². The second kappa shape index (κ2) is 11.9. The van der Waals surface area contributed by atoms with Crippen molar-refractivity contribution in [2.75, 3.05) is 38.2 Å². The minimum absolute atomic E-state index is 0.0197. The Morgan fingerprint density at radius 2 is 2.07 bits per heavy atom. The lowest BCUT2D eigenvalue weighted by Crippen LogP contribution is -2.58. The first-order valence-electron chi connectivity index (χ1n) is 10.2. The highest BCUT2D eigenvalue weighted by molar-refractivity contribution is 5.93. The summed E-state index contributed by atoms with van der Waals surface area (Å²) in [5, 5.41) is 5.78. The van der Waals surface area contributed by atoms with Gasteiger partial charge in [0.15, 0.2) is 0 Å². The van der Waals surface area contributed by atoms with E-state index in [1.54, 1.807) is 0 Å². The van der Waals surface area contributed by atoms with Crippen molar-refractivity contribution in [3.63, 3.8) is 0 Å². The smallest absolute Gasteiger partial charge is 0.308 e. The maximum atomic E-state index is 12.7. The summed E-state index contributed by atoms with van der Waals surface area (Å²) >= 11 is 0. The summed E-state index contributed by atoms with van der Waals surface area (Å²) in [5.74, 6) is -0.306. The molecule has 2 N–H and O–H groups in total. The molecule has 0 aliphatic carbocycles. The first kappa shape index (κ1) is 22.5. The largest absolute Gasteiger partial charge is 0.494 e. The second-order valence-corrected chi connectivity index (χ2v) is 6.90. The van der Waals surface area contributed by atoms with Gasteiger partial charge in [-0.2, -0.15) is 0 Å². The Labute approximate surface area is 171 Å². The summed E-state index contributed by atoms with van der Waals surface area (Å²) in [4.78, 5) is 38.5. The number of nitrogens with one attached hydrogen (secondary N) is 2. The Balaban J connectivity index is 1.92. The Kier molecular flexibility index (Phi) is 9.27. The number of amides is 2. The van der Waals surface area contributed by atoms with Crippen LogP contribution < -0.4 is 15.4 Å². The third kappa shape index (κ3) is 7.29. The van der Waals surface area contributed by atoms with E-state index in [1.807, 2.05) is 38.1 Å². The van der Waals surface area contributed by atoms with Gasteiger partial charge in [-0.25, -0.2) is 0 Å². The standard InChI is InChI=1S/C21H31N3O5/c1-3-5-12-29-20(26)14-18-21(27)22-9-10-24(18)19(25)15-23-16-7-6-8-17(13-16)28-11-4-2/h6-8,13,18,23H,3-5,9-12,14-15H2,1-2H3,(H,22,27). The van der Waals surface area contributed by atoms with Crippen LogP contribution in [0.4, 0.5) is 5.69 Å². The molecule has 8 heteroatoms. The van der Waals surface area contributed by atoms with Crippen LogP contribution in [0.5, 0.6) is 5.75 Å². The van der Waals surface area contributed by atoms with E-state index in [4.69, 9.17) is 9.47 Å². The summed E-state index contributed by atoms with van der Waals surface area (Å²) in [5.41, 5.74) is 0.754. The van der Waals surface area contributed by atoms with Gasteiger partial charge >= 0.3 is 5.97 Å². The molecule has 8 nitrogen and oxygen atoms in total. The third-order valence-corrected chi connectivity index (χ3v) is 4.52. The molecule has 1 aromatic carbocycles. The molecule has 29 heavy (non-hydrogen) atoms. The molecule has 160 valence electrons. The number of carbonyl (C=O) groups is 3. The Hall–Kier alpha value is -2.77. The van der Waals surface area contributed by atoms with E-state index in [1.165, 1.54) is 4.90 Å². The number of carbonyl (C=O) groups excluding carboxylic acids is 3. The Morgan fingerprint density at radius 3 is 2.83 bits per heavy atom. The normalized spacial score (nSPS) is 16.1. The van der Waals surface area contributed by atoms with E-state index in [-0.39, 0.29) is 24.8 Å². The number of piperazine rings is 1. The molecule has 0 saturated carbocycles. The zero-order valence-corrected chi connectivity index (χ0v) is 17.2. The molecule has 1 heterocycles. The quantitative estimate of drug-likeness (QED) is 0.431. The molecule has 0 bridgehead atoms. The number of esters is 1. The number of rotatable bonds is 11. The number of nitrogens with zero attached hydrogens (tertiary/aromatic N) is 1. The van der Waals surface area contributed by atoms with E-state index in [0.717, 1.165) is 30.7 Å². The molecule has 1 aliphatic heterocycles. The summed E-state index contributed by atoms with van der Waals surface area (Å²) < 4.78 is 10.7. The topological polar surface area (TPSA) is 97.0 Å². The molecule has 2 rings (SSSR count). The van der Waals surface area contributed by atoms with Crippen LogP contribution >= 0.6 is 0 Å². The predicted octanol–water partition coefficient (Wildman–Crippen LogP) is 1.95. The lowest BCUT2D eigenvalue weighted by atomic mass is 10.1. The summed E-state index contributed by atoms with van der Waals surface area (Å²) in [6.07, 6.45) is 2.46. The summed E-state index contributed by atoms with van der Waals surface area (Å²) in [6, 6.07) is 6.54. The van der Waals surface area contributed by atoms with E-state index >= 15 is 0 Å². The maximum Gasteiger partial charge on any atom is 0.308 e. The highest BCUT2D eigenvalue weighted by Crippen LogP contribution is 2.18. The first-order valence-corrected chi connectivity index (χ1v) is 10.2. The van der Waals surface area contributed by atoms with Crippen LogP contribution in [0.15, 0.2) is 24.3 Å². The van der Waals surface area contributed by atoms with Gasteiger partial charge in [0.05, 0.1) is 26.2 Å². The van der Waals surface area contributed by atoms with E-state index in [0.29, 0.717) is 26.3 Å². The molecule has 1 fully saturated rings. The van der Waals surface area contributed by atoms with E-state index in [9.17, 15) is 14.4 Å². The molecular weight excluding hydrogens is 374 g/mol. The van der Waals surface area contributed by atoms with Gasteiger partial charge in [0.25, 0.3) is 0 Å². The SMILES string of the molecule is CCCCOC(=O)CC1C(=O)NCCN1C(=O)CNc1cccc(OCCC)c1. The molecule has 0 spiro atoms. The van der Waals surface area contributed by atoms with Crippen molar-refractivity contribution in [3.05, 3.63) is 24.3 Å². The summed E-state index contributed by atoms with van der Waals surface area (Å²) in [7, 11) is 0. The van der Waals surface area contributed by atoms with Crippen molar-refractivity contribution in [2.45, 2.75) is 45.6 Å². The van der Waals surface area contributed by atoms with Crippen LogP contribution in [0.25, 0.3) is 0 Å². The fourth-order valence-corrected chi connectivity index (χ4v) is 2.96. The highest BCUT2D eigenvalue weighted by atomic mass is 16.5. The predicted molar refractivity (Wildman–Crippen MR) is 110 cm³/mol. The number of ether oxygens (including phenoxy) is 2. The molecule has 0 radical (unpaired) electrons. The van der Waals surface area contributed by atoms with Crippen LogP contribution in [0.1, 0.15) is 39.5 Å². The fourth-order valence-electron chi connectivity index (χ4n) is 2.96. The number of anilines is 1. The molecule has 2 amide bonds. The number of hydrogen-bond acceptors (Lipinski definition) is 6. The second-order valence-electron chi connectivity index (χ2n) is 6.90. The molecule has 0 aromatic heterocycles. The minimum Gasteiger partial charge on any atom is -0.494 e. The van der Waals surface area contributed by atoms with Crippen LogP contribution in [0, 0.1) is 0 Å². The zero-order chi connectivity index (χ0) is 21.1. The van der Waals surface area contributed by atoms with E-state index < -0.39 is 12.0 Å². The molecule has 1 aromatic rings. The van der Waals surface area contributed by atoms with Gasteiger partial charge in [0, 0.05) is 24.8 Å². The Morgan fingerprint density at radius 1 is 1.24 bits per heavy atom. The zero-order valence-electron chi connectivity index (χ0n) is 17.2. The van der Waals surface area contributed by atoms with Crippen molar-refractivity contribution in [1.82, 2.24) is 10.2 Å². The van der Waals surface area contributed by atoms with Crippen molar-refractivity contribution < 1.29 is 23.9 Å². The minimum atomic E-state index is -0.841. The third-order valence-electron chi connectivity index (χ3n) is 4.52. The monoisotopic (exact) mass is 405 g/mol. The first-order chi connectivity index (χ1) is 14.0. The van der Waals surface area contributed by atoms with Gasteiger partial charge in [-0.05, 0) is 25.0 Å². The highest BCUT2D eigenvalue weighted by Gasteiger charge is 2.34. The van der Waals surface area contributed by atoms with Crippen molar-refractivity contribution in [1.29, 1.82) is 0 Å². The molecular formula is C21H31N3O5. The van der Waals surface area contributed by atoms with Gasteiger partial charge in [-0.1, -0.05) is 26.3 Å². The number of benzene rings is 1. The summed E-state index contributed by atoms with van der Waals surface area (Å²) in [6.45, 7) is 5.74. The van der Waals surface area contributed by atoms with Gasteiger partial charge in [-0.15, -0.1) is 0 Å². The average molecular weight is 405 g/mol. The van der Waals surface area contributed by atoms with Gasteiger partial charge in [0.1, 0.15) is 11.8 Å². The van der Waals surface area contributed by atoms with Crippen molar-refractivity contribution >= 4 is 23.5 Å². The lowest BCUT2D eigenvalue weighted by molar-refractivity contribution is -0.151. The lowest BCUT2D eigenvalue weighted by Gasteiger charge is -2.34. The molecule has 1 atom stereocenters.